The number of nitrogens with zero attached hydrogens (tertiary/aromatic N) is 1. The molecule has 1 aliphatic rings. The predicted molar refractivity (Wildman–Crippen MR) is 91.5 cm³/mol. The van der Waals surface area contributed by atoms with E-state index in [9.17, 15) is 4.79 Å². The monoisotopic (exact) mass is 326 g/mol. The molecule has 2 N–H and O–H groups in total. The second-order valence-electron chi connectivity index (χ2n) is 6.45. The lowest BCUT2D eigenvalue weighted by molar-refractivity contribution is -0.136. The van der Waals surface area contributed by atoms with Gasteiger partial charge in [0.1, 0.15) is 5.75 Å². The number of carbonyl (C=O) groups excluding carboxylic acids is 1. The summed E-state index contributed by atoms with van der Waals surface area (Å²) in [5.74, 6) is 0.849. The molecule has 1 unspecified atom stereocenters. The van der Waals surface area contributed by atoms with E-state index >= 15 is 0 Å². The van der Waals surface area contributed by atoms with Crippen molar-refractivity contribution in [1.29, 1.82) is 0 Å². The van der Waals surface area contributed by atoms with Crippen LogP contribution in [0.25, 0.3) is 0 Å². The summed E-state index contributed by atoms with van der Waals surface area (Å²) in [6, 6.07) is 8.03. The summed E-state index contributed by atoms with van der Waals surface area (Å²) >= 11 is 0. The molecule has 1 fully saturated rings. The first kappa shape index (κ1) is 18.8. The van der Waals surface area contributed by atoms with E-state index in [0.717, 1.165) is 30.7 Å². The number of piperidine rings is 1. The molecule has 1 saturated heterocycles. The van der Waals surface area contributed by atoms with Crippen LogP contribution in [0.4, 0.5) is 0 Å². The number of hydrogen-bond acceptors (Lipinski definition) is 3. The number of ether oxygens (including phenoxy) is 1. The molecule has 2 rings (SSSR count). The molecule has 0 aliphatic carbocycles. The number of para-hydroxylation sites is 1. The van der Waals surface area contributed by atoms with E-state index in [1.807, 2.05) is 29.2 Å². The SMILES string of the molecule is CCc1ccccc1OCC(=O)N1CCC(N)C(C)(C)C1.Cl. The maximum atomic E-state index is 12.3. The normalized spacial score (nSPS) is 20.2. The van der Waals surface area contributed by atoms with E-state index in [0.29, 0.717) is 6.54 Å². The summed E-state index contributed by atoms with van der Waals surface area (Å²) in [6.45, 7) is 7.84. The van der Waals surface area contributed by atoms with E-state index in [1.165, 1.54) is 0 Å². The van der Waals surface area contributed by atoms with Gasteiger partial charge in [-0.25, -0.2) is 0 Å². The van der Waals surface area contributed by atoms with E-state index in [1.54, 1.807) is 0 Å². The van der Waals surface area contributed by atoms with Crippen molar-refractivity contribution < 1.29 is 9.53 Å². The highest BCUT2D eigenvalue weighted by Crippen LogP contribution is 2.27. The number of halogens is 1. The highest BCUT2D eigenvalue weighted by atomic mass is 35.5. The van der Waals surface area contributed by atoms with Gasteiger partial charge in [0.05, 0.1) is 0 Å². The van der Waals surface area contributed by atoms with Gasteiger partial charge in [-0.15, -0.1) is 12.4 Å². The van der Waals surface area contributed by atoms with E-state index < -0.39 is 0 Å². The Labute approximate surface area is 139 Å². The lowest BCUT2D eigenvalue weighted by Crippen LogP contribution is -2.54. The third-order valence-electron chi connectivity index (χ3n) is 4.37. The zero-order chi connectivity index (χ0) is 15.5. The zero-order valence-electron chi connectivity index (χ0n) is 13.7. The third-order valence-corrected chi connectivity index (χ3v) is 4.37. The number of rotatable bonds is 4. The minimum Gasteiger partial charge on any atom is -0.483 e. The summed E-state index contributed by atoms with van der Waals surface area (Å²) in [6.07, 6.45) is 1.75. The van der Waals surface area contributed by atoms with Gasteiger partial charge in [0.25, 0.3) is 5.91 Å². The Kier molecular flexibility index (Phi) is 6.69. The van der Waals surface area contributed by atoms with Crippen molar-refractivity contribution in [2.45, 2.75) is 39.7 Å². The highest BCUT2D eigenvalue weighted by molar-refractivity contribution is 5.85. The molecule has 0 aromatic heterocycles. The van der Waals surface area contributed by atoms with Crippen LogP contribution in [0.3, 0.4) is 0 Å². The Hall–Kier alpha value is -1.26. The van der Waals surface area contributed by atoms with Crippen molar-refractivity contribution in [1.82, 2.24) is 4.90 Å². The van der Waals surface area contributed by atoms with Crippen LogP contribution in [0.15, 0.2) is 24.3 Å². The van der Waals surface area contributed by atoms with E-state index in [2.05, 4.69) is 20.8 Å². The lowest BCUT2D eigenvalue weighted by atomic mass is 9.80. The molecule has 0 bridgehead atoms. The molecule has 1 aromatic carbocycles. The first-order valence-electron chi connectivity index (χ1n) is 7.68. The minimum atomic E-state index is -0.0325. The second kappa shape index (κ2) is 7.84. The molecule has 0 saturated carbocycles. The quantitative estimate of drug-likeness (QED) is 0.925. The van der Waals surface area contributed by atoms with Gasteiger partial charge in [0, 0.05) is 19.1 Å². The van der Waals surface area contributed by atoms with Gasteiger partial charge in [-0.3, -0.25) is 4.79 Å². The largest absolute Gasteiger partial charge is 0.483 e. The van der Waals surface area contributed by atoms with Gasteiger partial charge in [0.2, 0.25) is 0 Å². The van der Waals surface area contributed by atoms with E-state index in [-0.39, 0.29) is 36.4 Å². The Balaban J connectivity index is 0.00000242. The average molecular weight is 327 g/mol. The Morgan fingerprint density at radius 2 is 2.09 bits per heavy atom. The second-order valence-corrected chi connectivity index (χ2v) is 6.45. The van der Waals surface area contributed by atoms with Crippen LogP contribution in [-0.2, 0) is 11.2 Å². The molecule has 124 valence electrons. The first-order valence-corrected chi connectivity index (χ1v) is 7.68. The standard InChI is InChI=1S/C17H26N2O2.ClH/c1-4-13-7-5-6-8-14(13)21-11-16(20)19-10-9-15(18)17(2,3)12-19;/h5-8,15H,4,9-12,18H2,1-3H3;1H. The molecule has 1 aliphatic heterocycles. The van der Waals surface area contributed by atoms with Crippen molar-refractivity contribution in [3.05, 3.63) is 29.8 Å². The molecule has 1 amide bonds. The van der Waals surface area contributed by atoms with Crippen molar-refractivity contribution >= 4 is 18.3 Å². The average Bonchev–Trinajstić information content (AvgIpc) is 2.47. The summed E-state index contributed by atoms with van der Waals surface area (Å²) in [5, 5.41) is 0. The van der Waals surface area contributed by atoms with Crippen molar-refractivity contribution in [3.63, 3.8) is 0 Å². The molecule has 5 heteroatoms. The molecule has 0 radical (unpaired) electrons. The number of nitrogens with two attached hydrogens (primary N) is 1. The number of aryl methyl sites for hydroxylation is 1. The Bertz CT molecular complexity index is 505. The number of likely N-dealkylation sites (tertiary alicyclic amines) is 1. The molecule has 1 aromatic rings. The van der Waals surface area contributed by atoms with Crippen LogP contribution in [0.1, 0.15) is 32.8 Å². The number of amides is 1. The summed E-state index contributed by atoms with van der Waals surface area (Å²) in [5.41, 5.74) is 7.21. The summed E-state index contributed by atoms with van der Waals surface area (Å²) < 4.78 is 5.72. The Morgan fingerprint density at radius 1 is 1.41 bits per heavy atom. The van der Waals surface area contributed by atoms with Crippen LogP contribution < -0.4 is 10.5 Å². The summed E-state index contributed by atoms with van der Waals surface area (Å²) in [7, 11) is 0. The fraction of sp³-hybridized carbons (Fsp3) is 0.588. The first-order chi connectivity index (χ1) is 9.94. The molecular weight excluding hydrogens is 300 g/mol. The number of carbonyl (C=O) groups is 1. The molecule has 0 spiro atoms. The van der Waals surface area contributed by atoms with Crippen molar-refractivity contribution in [2.24, 2.45) is 11.1 Å². The zero-order valence-corrected chi connectivity index (χ0v) is 14.5. The van der Waals surface area contributed by atoms with Crippen molar-refractivity contribution in [3.8, 4) is 5.75 Å². The van der Waals surface area contributed by atoms with Crippen LogP contribution in [0.2, 0.25) is 0 Å². The lowest BCUT2D eigenvalue weighted by Gasteiger charge is -2.42. The van der Waals surface area contributed by atoms with Gasteiger partial charge in [-0.05, 0) is 29.9 Å². The van der Waals surface area contributed by atoms with Crippen molar-refractivity contribution in [2.75, 3.05) is 19.7 Å². The molecular formula is C17H27ClN2O2. The Morgan fingerprint density at radius 3 is 2.73 bits per heavy atom. The smallest absolute Gasteiger partial charge is 0.260 e. The molecule has 22 heavy (non-hydrogen) atoms. The molecule has 1 atom stereocenters. The van der Waals surface area contributed by atoms with Gasteiger partial charge in [0.15, 0.2) is 6.61 Å². The van der Waals surface area contributed by atoms with Gasteiger partial charge in [-0.1, -0.05) is 39.0 Å². The highest BCUT2D eigenvalue weighted by Gasteiger charge is 2.35. The van der Waals surface area contributed by atoms with Gasteiger partial charge >= 0.3 is 0 Å². The number of benzene rings is 1. The van der Waals surface area contributed by atoms with Gasteiger partial charge in [-0.2, -0.15) is 0 Å². The fourth-order valence-electron chi connectivity index (χ4n) is 2.75. The predicted octanol–water partition coefficient (Wildman–Crippen LogP) is 2.64. The summed E-state index contributed by atoms with van der Waals surface area (Å²) in [4.78, 5) is 14.2. The fourth-order valence-corrected chi connectivity index (χ4v) is 2.75. The van der Waals surface area contributed by atoms with Crippen LogP contribution >= 0.6 is 12.4 Å². The minimum absolute atomic E-state index is 0. The van der Waals surface area contributed by atoms with Crippen LogP contribution in [0, 0.1) is 5.41 Å². The van der Waals surface area contributed by atoms with Gasteiger partial charge < -0.3 is 15.4 Å². The van der Waals surface area contributed by atoms with Crippen LogP contribution in [0.5, 0.6) is 5.75 Å². The van der Waals surface area contributed by atoms with Crippen LogP contribution in [-0.4, -0.2) is 36.5 Å². The number of hydrogen-bond donors (Lipinski definition) is 1. The van der Waals surface area contributed by atoms with E-state index in [4.69, 9.17) is 10.5 Å². The molecule has 1 heterocycles. The molecule has 4 nitrogen and oxygen atoms in total. The maximum Gasteiger partial charge on any atom is 0.260 e. The third kappa shape index (κ3) is 4.37. The topological polar surface area (TPSA) is 55.6 Å². The maximum absolute atomic E-state index is 12.3.